The van der Waals surface area contributed by atoms with Crippen molar-refractivity contribution in [3.05, 3.63) is 64.9 Å². The van der Waals surface area contributed by atoms with E-state index in [0.717, 1.165) is 40.4 Å². The number of benzene rings is 2. The molecule has 3 aromatic rings. The highest BCUT2D eigenvalue weighted by Gasteiger charge is 2.21. The van der Waals surface area contributed by atoms with E-state index < -0.39 is 0 Å². The average molecular weight is 407 g/mol. The maximum atomic E-state index is 5.97. The fraction of sp³-hybridized carbons (Fsp3) is 0.333. The third kappa shape index (κ3) is 5.14. The minimum Gasteiger partial charge on any atom is -0.369 e. The van der Waals surface area contributed by atoms with Gasteiger partial charge < -0.3 is 11.1 Å². The summed E-state index contributed by atoms with van der Waals surface area (Å²) in [6.45, 7) is 1.73. The Hall–Kier alpha value is -2.43. The molecule has 0 bridgehead atoms. The van der Waals surface area contributed by atoms with Crippen LogP contribution in [0, 0.1) is 11.8 Å². The number of hydrogen-bond donors (Lipinski definition) is 2. The number of hydrogen-bond acceptors (Lipinski definition) is 4. The van der Waals surface area contributed by atoms with Crippen molar-refractivity contribution in [2.45, 2.75) is 25.7 Å². The molecule has 0 radical (unpaired) electrons. The lowest BCUT2D eigenvalue weighted by Crippen LogP contribution is -2.26. The molecule has 5 heteroatoms. The van der Waals surface area contributed by atoms with E-state index in [0.29, 0.717) is 17.7 Å². The third-order valence-corrected chi connectivity index (χ3v) is 5.95. The zero-order valence-electron chi connectivity index (χ0n) is 16.5. The summed E-state index contributed by atoms with van der Waals surface area (Å²) in [5.41, 5.74) is 7.91. The molecule has 29 heavy (non-hydrogen) atoms. The molecule has 0 spiro atoms. The molecule has 2 atom stereocenters. The van der Waals surface area contributed by atoms with Gasteiger partial charge in [-0.3, -0.25) is 0 Å². The Morgan fingerprint density at radius 2 is 1.79 bits per heavy atom. The van der Waals surface area contributed by atoms with E-state index >= 15 is 0 Å². The second kappa shape index (κ2) is 9.38. The normalized spacial score (nSPS) is 19.7. The minimum absolute atomic E-state index is 0.652. The standard InChI is InChI=1S/C24H27ClN4/c25-20-11-8-17(9-12-20)10-13-23-28-22-7-2-1-6-21(22)24(29-23)27-16-19-5-3-4-18(14-19)15-26/h1-2,6-13,18-19H,3-5,14-16,26H2,(H,27,28,29)/b13-10+. The van der Waals surface area contributed by atoms with Gasteiger partial charge in [0.1, 0.15) is 5.82 Å². The van der Waals surface area contributed by atoms with Crippen molar-refractivity contribution in [3.8, 4) is 0 Å². The summed E-state index contributed by atoms with van der Waals surface area (Å²) in [4.78, 5) is 9.51. The Balaban J connectivity index is 1.55. The molecule has 1 heterocycles. The van der Waals surface area contributed by atoms with E-state index in [1.165, 1.54) is 25.7 Å². The van der Waals surface area contributed by atoms with E-state index in [2.05, 4.69) is 11.4 Å². The number of nitrogens with two attached hydrogens (primary N) is 1. The number of rotatable bonds is 6. The lowest BCUT2D eigenvalue weighted by molar-refractivity contribution is 0.281. The quantitative estimate of drug-likeness (QED) is 0.556. The molecule has 4 rings (SSSR count). The maximum absolute atomic E-state index is 5.97. The first kappa shape index (κ1) is 19.9. The van der Waals surface area contributed by atoms with Gasteiger partial charge in [-0.15, -0.1) is 0 Å². The molecule has 3 N–H and O–H groups in total. The molecular formula is C24H27ClN4. The van der Waals surface area contributed by atoms with Gasteiger partial charge in [-0.05, 0) is 73.5 Å². The molecule has 2 unspecified atom stereocenters. The summed E-state index contributed by atoms with van der Waals surface area (Å²) >= 11 is 5.97. The van der Waals surface area contributed by atoms with Gasteiger partial charge >= 0.3 is 0 Å². The SMILES string of the molecule is NCC1CCCC(CNc2nc(/C=C/c3ccc(Cl)cc3)nc3ccccc23)C1. The highest BCUT2D eigenvalue weighted by molar-refractivity contribution is 6.30. The van der Waals surface area contributed by atoms with E-state index in [1.807, 2.05) is 54.6 Å². The lowest BCUT2D eigenvalue weighted by Gasteiger charge is -2.28. The molecule has 1 aromatic heterocycles. The van der Waals surface area contributed by atoms with Crippen molar-refractivity contribution in [2.75, 3.05) is 18.4 Å². The van der Waals surface area contributed by atoms with Crippen LogP contribution in [0.2, 0.25) is 5.02 Å². The summed E-state index contributed by atoms with van der Waals surface area (Å²) in [7, 11) is 0. The molecule has 0 aliphatic heterocycles. The fourth-order valence-corrected chi connectivity index (χ4v) is 4.22. The van der Waals surface area contributed by atoms with Gasteiger partial charge in [0, 0.05) is 17.0 Å². The van der Waals surface area contributed by atoms with Gasteiger partial charge in [-0.25, -0.2) is 9.97 Å². The number of para-hydroxylation sites is 1. The molecule has 0 saturated heterocycles. The Bertz CT molecular complexity index is 984. The van der Waals surface area contributed by atoms with Crippen molar-refractivity contribution in [1.82, 2.24) is 9.97 Å². The lowest BCUT2D eigenvalue weighted by atomic mass is 9.81. The highest BCUT2D eigenvalue weighted by atomic mass is 35.5. The first-order valence-electron chi connectivity index (χ1n) is 10.4. The van der Waals surface area contributed by atoms with Gasteiger partial charge in [-0.1, -0.05) is 48.4 Å². The number of fused-ring (bicyclic) bond motifs is 1. The summed E-state index contributed by atoms with van der Waals surface area (Å²) in [5.74, 6) is 2.92. The van der Waals surface area contributed by atoms with Gasteiger partial charge in [0.25, 0.3) is 0 Å². The number of halogens is 1. The number of nitrogens with zero attached hydrogens (tertiary/aromatic N) is 2. The maximum Gasteiger partial charge on any atom is 0.154 e. The summed E-state index contributed by atoms with van der Waals surface area (Å²) in [6, 6.07) is 15.9. The number of anilines is 1. The van der Waals surface area contributed by atoms with Crippen molar-refractivity contribution >= 4 is 40.5 Å². The van der Waals surface area contributed by atoms with Crippen LogP contribution in [-0.2, 0) is 0 Å². The van der Waals surface area contributed by atoms with Crippen LogP contribution in [0.15, 0.2) is 48.5 Å². The highest BCUT2D eigenvalue weighted by Crippen LogP contribution is 2.29. The van der Waals surface area contributed by atoms with Crippen molar-refractivity contribution < 1.29 is 0 Å². The number of aromatic nitrogens is 2. The van der Waals surface area contributed by atoms with Gasteiger partial charge in [-0.2, -0.15) is 0 Å². The predicted octanol–water partition coefficient (Wildman–Crippen LogP) is 5.63. The Kier molecular flexibility index (Phi) is 6.43. The monoisotopic (exact) mass is 406 g/mol. The Labute approximate surface area is 177 Å². The molecule has 150 valence electrons. The van der Waals surface area contributed by atoms with Crippen LogP contribution in [-0.4, -0.2) is 23.1 Å². The van der Waals surface area contributed by atoms with Crippen LogP contribution < -0.4 is 11.1 Å². The first-order valence-corrected chi connectivity index (χ1v) is 10.7. The summed E-state index contributed by atoms with van der Waals surface area (Å²) in [5, 5.41) is 5.39. The second-order valence-electron chi connectivity index (χ2n) is 7.85. The van der Waals surface area contributed by atoms with Crippen LogP contribution in [0.4, 0.5) is 5.82 Å². The van der Waals surface area contributed by atoms with E-state index in [9.17, 15) is 0 Å². The van der Waals surface area contributed by atoms with Crippen LogP contribution in [0.5, 0.6) is 0 Å². The van der Waals surface area contributed by atoms with Crippen molar-refractivity contribution in [3.63, 3.8) is 0 Å². The zero-order valence-corrected chi connectivity index (χ0v) is 17.3. The second-order valence-corrected chi connectivity index (χ2v) is 8.28. The Morgan fingerprint density at radius 3 is 2.62 bits per heavy atom. The van der Waals surface area contributed by atoms with E-state index in [4.69, 9.17) is 27.3 Å². The molecular weight excluding hydrogens is 380 g/mol. The fourth-order valence-electron chi connectivity index (χ4n) is 4.09. The average Bonchev–Trinajstić information content (AvgIpc) is 2.77. The molecule has 2 aromatic carbocycles. The topological polar surface area (TPSA) is 63.8 Å². The van der Waals surface area contributed by atoms with E-state index in [1.54, 1.807) is 0 Å². The Morgan fingerprint density at radius 1 is 1.00 bits per heavy atom. The molecule has 1 aliphatic carbocycles. The molecule has 4 nitrogen and oxygen atoms in total. The summed E-state index contributed by atoms with van der Waals surface area (Å²) < 4.78 is 0. The first-order chi connectivity index (χ1) is 14.2. The third-order valence-electron chi connectivity index (χ3n) is 5.70. The number of nitrogens with one attached hydrogen (secondary N) is 1. The van der Waals surface area contributed by atoms with Crippen molar-refractivity contribution in [1.29, 1.82) is 0 Å². The van der Waals surface area contributed by atoms with Gasteiger partial charge in [0.15, 0.2) is 5.82 Å². The zero-order chi connectivity index (χ0) is 20.1. The van der Waals surface area contributed by atoms with Crippen LogP contribution in [0.3, 0.4) is 0 Å². The van der Waals surface area contributed by atoms with Crippen molar-refractivity contribution in [2.24, 2.45) is 17.6 Å². The van der Waals surface area contributed by atoms with Crippen LogP contribution >= 0.6 is 11.6 Å². The van der Waals surface area contributed by atoms with Crippen LogP contribution in [0.1, 0.15) is 37.1 Å². The largest absolute Gasteiger partial charge is 0.369 e. The molecule has 0 amide bonds. The minimum atomic E-state index is 0.652. The molecule has 1 saturated carbocycles. The predicted molar refractivity (Wildman–Crippen MR) is 123 cm³/mol. The molecule has 1 aliphatic rings. The van der Waals surface area contributed by atoms with Crippen LogP contribution in [0.25, 0.3) is 23.1 Å². The van der Waals surface area contributed by atoms with Gasteiger partial charge in [0.05, 0.1) is 5.52 Å². The molecule has 1 fully saturated rings. The smallest absolute Gasteiger partial charge is 0.154 e. The van der Waals surface area contributed by atoms with E-state index in [-0.39, 0.29) is 0 Å². The summed E-state index contributed by atoms with van der Waals surface area (Å²) in [6.07, 6.45) is 8.96. The van der Waals surface area contributed by atoms with Gasteiger partial charge in [0.2, 0.25) is 0 Å².